The van der Waals surface area contributed by atoms with Crippen LogP contribution in [0.3, 0.4) is 0 Å². The summed E-state index contributed by atoms with van der Waals surface area (Å²) in [6, 6.07) is 7.24. The van der Waals surface area contributed by atoms with E-state index in [0.29, 0.717) is 5.75 Å². The van der Waals surface area contributed by atoms with Gasteiger partial charge in [0.15, 0.2) is 5.78 Å². The van der Waals surface area contributed by atoms with Crippen molar-refractivity contribution in [2.75, 3.05) is 7.11 Å². The van der Waals surface area contributed by atoms with E-state index in [1.165, 1.54) is 6.92 Å². The van der Waals surface area contributed by atoms with Gasteiger partial charge in [-0.05, 0) is 13.0 Å². The van der Waals surface area contributed by atoms with Crippen molar-refractivity contribution in [3.05, 3.63) is 29.8 Å². The summed E-state index contributed by atoms with van der Waals surface area (Å²) >= 11 is 5.90. The van der Waals surface area contributed by atoms with Crippen LogP contribution in [0, 0.1) is 0 Å². The van der Waals surface area contributed by atoms with Crippen molar-refractivity contribution >= 4 is 17.4 Å². The number of hydrogen-bond donors (Lipinski definition) is 0. The predicted molar refractivity (Wildman–Crippen MR) is 52.3 cm³/mol. The van der Waals surface area contributed by atoms with Crippen LogP contribution in [0.1, 0.15) is 17.9 Å². The zero-order chi connectivity index (χ0) is 9.84. The Morgan fingerprint density at radius 1 is 1.46 bits per heavy atom. The predicted octanol–water partition coefficient (Wildman–Crippen LogP) is 2.56. The molecule has 0 saturated heterocycles. The molecule has 0 aliphatic heterocycles. The second kappa shape index (κ2) is 4.28. The van der Waals surface area contributed by atoms with Crippen molar-refractivity contribution in [3.8, 4) is 5.75 Å². The van der Waals surface area contributed by atoms with Crippen molar-refractivity contribution in [2.24, 2.45) is 0 Å². The van der Waals surface area contributed by atoms with Gasteiger partial charge in [0.1, 0.15) is 11.1 Å². The van der Waals surface area contributed by atoms with Gasteiger partial charge in [0.2, 0.25) is 0 Å². The van der Waals surface area contributed by atoms with Crippen LogP contribution >= 0.6 is 11.6 Å². The van der Waals surface area contributed by atoms with Gasteiger partial charge < -0.3 is 4.74 Å². The minimum absolute atomic E-state index is 0.0776. The fourth-order valence-corrected chi connectivity index (χ4v) is 1.28. The largest absolute Gasteiger partial charge is 0.496 e. The molecular weight excluding hydrogens is 188 g/mol. The van der Waals surface area contributed by atoms with Gasteiger partial charge in [0.25, 0.3) is 0 Å². The van der Waals surface area contributed by atoms with Crippen LogP contribution < -0.4 is 4.74 Å². The molecule has 0 N–H and O–H groups in total. The summed E-state index contributed by atoms with van der Waals surface area (Å²) in [5.74, 6) is 0.573. The molecule has 1 unspecified atom stereocenters. The lowest BCUT2D eigenvalue weighted by Crippen LogP contribution is -2.03. The second-order valence-corrected chi connectivity index (χ2v) is 3.15. The quantitative estimate of drug-likeness (QED) is 0.698. The molecular formula is C10H11ClO2. The average Bonchev–Trinajstić information content (AvgIpc) is 2.16. The van der Waals surface area contributed by atoms with Crippen molar-refractivity contribution in [1.29, 1.82) is 0 Å². The van der Waals surface area contributed by atoms with E-state index < -0.39 is 5.38 Å². The maximum absolute atomic E-state index is 11.0. The van der Waals surface area contributed by atoms with Crippen LogP contribution in [-0.2, 0) is 4.79 Å². The number of alkyl halides is 1. The Hall–Kier alpha value is -1.02. The fraction of sp³-hybridized carbons (Fsp3) is 0.300. The number of Topliss-reactive ketones (excluding diaryl/α,β-unsaturated/α-hetero) is 1. The SMILES string of the molecule is COc1ccccc1C(Cl)C(C)=O. The lowest BCUT2D eigenvalue weighted by molar-refractivity contribution is -0.116. The first kappa shape index (κ1) is 10.1. The Morgan fingerprint density at radius 3 is 2.62 bits per heavy atom. The lowest BCUT2D eigenvalue weighted by atomic mass is 10.1. The van der Waals surface area contributed by atoms with Gasteiger partial charge in [0.05, 0.1) is 7.11 Å². The molecule has 13 heavy (non-hydrogen) atoms. The molecule has 0 saturated carbocycles. The number of carbonyl (C=O) groups excluding carboxylic acids is 1. The number of hydrogen-bond acceptors (Lipinski definition) is 2. The molecule has 1 atom stereocenters. The smallest absolute Gasteiger partial charge is 0.152 e. The first-order chi connectivity index (χ1) is 6.16. The summed E-state index contributed by atoms with van der Waals surface area (Å²) < 4.78 is 5.08. The highest BCUT2D eigenvalue weighted by molar-refractivity contribution is 6.31. The maximum atomic E-state index is 11.0. The third-order valence-corrected chi connectivity index (χ3v) is 2.31. The number of carbonyl (C=O) groups is 1. The number of para-hydroxylation sites is 1. The third kappa shape index (κ3) is 2.22. The molecule has 0 heterocycles. The van der Waals surface area contributed by atoms with Crippen LogP contribution in [0.25, 0.3) is 0 Å². The molecule has 0 radical (unpaired) electrons. The first-order valence-corrected chi connectivity index (χ1v) is 4.38. The van der Waals surface area contributed by atoms with Crippen LogP contribution in [0.2, 0.25) is 0 Å². The maximum Gasteiger partial charge on any atom is 0.152 e. The molecule has 0 spiro atoms. The average molecular weight is 199 g/mol. The molecule has 0 bridgehead atoms. The van der Waals surface area contributed by atoms with E-state index >= 15 is 0 Å². The van der Waals surface area contributed by atoms with Gasteiger partial charge >= 0.3 is 0 Å². The van der Waals surface area contributed by atoms with Crippen molar-refractivity contribution in [1.82, 2.24) is 0 Å². The van der Waals surface area contributed by atoms with E-state index in [2.05, 4.69) is 0 Å². The number of benzene rings is 1. The summed E-state index contributed by atoms with van der Waals surface area (Å²) in [5.41, 5.74) is 0.721. The monoisotopic (exact) mass is 198 g/mol. The highest BCUT2D eigenvalue weighted by Gasteiger charge is 2.16. The topological polar surface area (TPSA) is 26.3 Å². The summed E-state index contributed by atoms with van der Waals surface area (Å²) in [6.45, 7) is 1.46. The Kier molecular flexibility index (Phi) is 3.32. The van der Waals surface area contributed by atoms with Crippen LogP contribution in [0.15, 0.2) is 24.3 Å². The fourth-order valence-electron chi connectivity index (χ4n) is 1.09. The second-order valence-electron chi connectivity index (χ2n) is 2.72. The summed E-state index contributed by atoms with van der Waals surface area (Å²) in [4.78, 5) is 11.0. The molecule has 0 aromatic heterocycles. The molecule has 1 aromatic rings. The normalized spacial score (nSPS) is 12.2. The highest BCUT2D eigenvalue weighted by Crippen LogP contribution is 2.29. The lowest BCUT2D eigenvalue weighted by Gasteiger charge is -2.10. The van der Waals surface area contributed by atoms with E-state index in [0.717, 1.165) is 5.56 Å². The first-order valence-electron chi connectivity index (χ1n) is 3.94. The number of halogens is 1. The number of ketones is 1. The number of rotatable bonds is 3. The molecule has 2 nitrogen and oxygen atoms in total. The minimum Gasteiger partial charge on any atom is -0.496 e. The number of methoxy groups -OCH3 is 1. The summed E-state index contributed by atoms with van der Waals surface area (Å²) in [6.07, 6.45) is 0. The summed E-state index contributed by atoms with van der Waals surface area (Å²) in [7, 11) is 1.56. The molecule has 3 heteroatoms. The van der Waals surface area contributed by atoms with Gasteiger partial charge in [-0.2, -0.15) is 0 Å². The van der Waals surface area contributed by atoms with Gasteiger partial charge in [-0.1, -0.05) is 18.2 Å². The van der Waals surface area contributed by atoms with Gasteiger partial charge in [0, 0.05) is 5.56 Å². The summed E-state index contributed by atoms with van der Waals surface area (Å²) in [5, 5.41) is -0.615. The van der Waals surface area contributed by atoms with Crippen LogP contribution in [-0.4, -0.2) is 12.9 Å². The van der Waals surface area contributed by atoms with Gasteiger partial charge in [-0.25, -0.2) is 0 Å². The number of ether oxygens (including phenoxy) is 1. The molecule has 0 amide bonds. The van der Waals surface area contributed by atoms with E-state index in [9.17, 15) is 4.79 Å². The van der Waals surface area contributed by atoms with Crippen molar-refractivity contribution in [2.45, 2.75) is 12.3 Å². The van der Waals surface area contributed by atoms with E-state index in [4.69, 9.17) is 16.3 Å². The molecule has 70 valence electrons. The van der Waals surface area contributed by atoms with Crippen LogP contribution in [0.4, 0.5) is 0 Å². The Bertz CT molecular complexity index is 310. The van der Waals surface area contributed by atoms with Crippen LogP contribution in [0.5, 0.6) is 5.75 Å². The highest BCUT2D eigenvalue weighted by atomic mass is 35.5. The third-order valence-electron chi connectivity index (χ3n) is 1.77. The molecule has 1 aromatic carbocycles. The Morgan fingerprint density at radius 2 is 2.08 bits per heavy atom. The van der Waals surface area contributed by atoms with Gasteiger partial charge in [-0.15, -0.1) is 11.6 Å². The molecule has 0 aliphatic carbocycles. The van der Waals surface area contributed by atoms with E-state index in [-0.39, 0.29) is 5.78 Å². The van der Waals surface area contributed by atoms with Crippen molar-refractivity contribution < 1.29 is 9.53 Å². The van der Waals surface area contributed by atoms with E-state index in [1.54, 1.807) is 19.2 Å². The Balaban J connectivity index is 3.05. The zero-order valence-electron chi connectivity index (χ0n) is 7.58. The standard InChI is InChI=1S/C10H11ClO2/c1-7(12)10(11)8-5-3-4-6-9(8)13-2/h3-6,10H,1-2H3. The van der Waals surface area contributed by atoms with Gasteiger partial charge in [-0.3, -0.25) is 4.79 Å². The molecule has 0 fully saturated rings. The Labute approximate surface area is 82.5 Å². The minimum atomic E-state index is -0.615. The zero-order valence-corrected chi connectivity index (χ0v) is 8.34. The van der Waals surface area contributed by atoms with Crippen molar-refractivity contribution in [3.63, 3.8) is 0 Å². The molecule has 1 rings (SSSR count). The van der Waals surface area contributed by atoms with E-state index in [1.807, 2.05) is 12.1 Å². The molecule has 0 aliphatic rings.